The molecule has 0 aliphatic heterocycles. The van der Waals surface area contributed by atoms with E-state index in [1.54, 1.807) is 25.1 Å². The zero-order chi connectivity index (χ0) is 14.2. The van der Waals surface area contributed by atoms with Gasteiger partial charge in [-0.25, -0.2) is 8.78 Å². The molecule has 0 bridgehead atoms. The lowest BCUT2D eigenvalue weighted by atomic mass is 10.0. The van der Waals surface area contributed by atoms with Crippen LogP contribution in [0, 0.1) is 18.6 Å². The maximum atomic E-state index is 13.9. The largest absolute Gasteiger partial charge is 0.207 e. The van der Waals surface area contributed by atoms with Gasteiger partial charge >= 0.3 is 0 Å². The van der Waals surface area contributed by atoms with E-state index in [-0.39, 0.29) is 0 Å². The summed E-state index contributed by atoms with van der Waals surface area (Å²) >= 11 is 12.8. The molecule has 0 saturated heterocycles. The number of aryl methyl sites for hydroxylation is 1. The van der Waals surface area contributed by atoms with Gasteiger partial charge in [0.15, 0.2) is 0 Å². The van der Waals surface area contributed by atoms with E-state index in [0.717, 1.165) is 16.1 Å². The Morgan fingerprint density at radius 3 is 2.42 bits per heavy atom. The van der Waals surface area contributed by atoms with Crippen LogP contribution in [0.1, 0.15) is 21.5 Å². The van der Waals surface area contributed by atoms with Gasteiger partial charge in [-0.15, -0.1) is 0 Å². The molecule has 0 nitrogen and oxygen atoms in total. The minimum atomic E-state index is -0.586. The molecule has 0 aliphatic carbocycles. The van der Waals surface area contributed by atoms with E-state index >= 15 is 0 Å². The van der Waals surface area contributed by atoms with Crippen molar-refractivity contribution in [3.63, 3.8) is 0 Å². The van der Waals surface area contributed by atoms with Crippen LogP contribution in [0.5, 0.6) is 0 Å². The van der Waals surface area contributed by atoms with Crippen LogP contribution in [0.3, 0.4) is 0 Å². The van der Waals surface area contributed by atoms with Gasteiger partial charge in [0.2, 0.25) is 0 Å². The maximum absolute atomic E-state index is 13.9. The van der Waals surface area contributed by atoms with Gasteiger partial charge < -0.3 is 0 Å². The molecule has 0 aromatic heterocycles. The monoisotopic (exact) mass is 408 g/mol. The quantitative estimate of drug-likeness (QED) is 0.519. The minimum absolute atomic E-state index is 0.377. The molecular formula is C14H9Br2ClF2. The Balaban J connectivity index is 2.52. The Morgan fingerprint density at radius 2 is 1.74 bits per heavy atom. The van der Waals surface area contributed by atoms with Crippen LogP contribution in [-0.2, 0) is 0 Å². The average molecular weight is 410 g/mol. The number of hydrogen-bond donors (Lipinski definition) is 0. The lowest BCUT2D eigenvalue weighted by Gasteiger charge is -2.15. The maximum Gasteiger partial charge on any atom is 0.130 e. The van der Waals surface area contributed by atoms with E-state index in [1.165, 1.54) is 6.07 Å². The second-order valence-electron chi connectivity index (χ2n) is 4.15. The molecule has 0 amide bonds. The van der Waals surface area contributed by atoms with Crippen molar-refractivity contribution in [2.75, 3.05) is 0 Å². The predicted octanol–water partition coefficient (Wildman–Crippen LogP) is 6.17. The number of rotatable bonds is 2. The van der Waals surface area contributed by atoms with Crippen molar-refractivity contribution in [3.05, 3.63) is 68.2 Å². The van der Waals surface area contributed by atoms with Crippen LogP contribution in [-0.4, -0.2) is 0 Å². The molecule has 19 heavy (non-hydrogen) atoms. The molecule has 100 valence electrons. The van der Waals surface area contributed by atoms with E-state index in [0.29, 0.717) is 16.1 Å². The van der Waals surface area contributed by atoms with Crippen molar-refractivity contribution in [2.24, 2.45) is 0 Å². The van der Waals surface area contributed by atoms with Crippen LogP contribution >= 0.6 is 43.5 Å². The summed E-state index contributed by atoms with van der Waals surface area (Å²) in [6.07, 6.45) is 0. The van der Waals surface area contributed by atoms with E-state index in [1.807, 2.05) is 0 Å². The first kappa shape index (κ1) is 14.9. The van der Waals surface area contributed by atoms with Crippen molar-refractivity contribution in [2.45, 2.75) is 11.8 Å². The van der Waals surface area contributed by atoms with Gasteiger partial charge in [-0.1, -0.05) is 43.5 Å². The molecular weight excluding hydrogens is 401 g/mol. The lowest BCUT2D eigenvalue weighted by Crippen LogP contribution is -2.00. The SMILES string of the molecule is Cc1cc(C(Br)c2cc(Cl)ccc2Br)c(F)cc1F. The summed E-state index contributed by atoms with van der Waals surface area (Å²) < 4.78 is 28.0. The summed E-state index contributed by atoms with van der Waals surface area (Å²) in [7, 11) is 0. The first-order chi connectivity index (χ1) is 8.90. The molecule has 0 saturated carbocycles. The topological polar surface area (TPSA) is 0 Å². The van der Waals surface area contributed by atoms with Crippen LogP contribution in [0.2, 0.25) is 5.02 Å². The molecule has 2 aromatic rings. The normalized spacial score (nSPS) is 12.5. The zero-order valence-electron chi connectivity index (χ0n) is 9.85. The van der Waals surface area contributed by atoms with E-state index in [2.05, 4.69) is 31.9 Å². The molecule has 1 unspecified atom stereocenters. The Kier molecular flexibility index (Phi) is 4.64. The van der Waals surface area contributed by atoms with Crippen molar-refractivity contribution in [1.82, 2.24) is 0 Å². The van der Waals surface area contributed by atoms with Crippen LogP contribution in [0.25, 0.3) is 0 Å². The summed E-state index contributed by atoms with van der Waals surface area (Å²) in [5.41, 5.74) is 1.57. The highest BCUT2D eigenvalue weighted by atomic mass is 79.9. The highest BCUT2D eigenvalue weighted by Crippen LogP contribution is 2.38. The number of halogens is 5. The fraction of sp³-hybridized carbons (Fsp3) is 0.143. The van der Waals surface area contributed by atoms with Crippen LogP contribution in [0.15, 0.2) is 34.8 Å². The molecule has 0 heterocycles. The van der Waals surface area contributed by atoms with Gasteiger partial charge in [0.05, 0.1) is 4.83 Å². The van der Waals surface area contributed by atoms with Crippen molar-refractivity contribution in [1.29, 1.82) is 0 Å². The van der Waals surface area contributed by atoms with Gasteiger partial charge in [-0.05, 0) is 42.3 Å². The summed E-state index contributed by atoms with van der Waals surface area (Å²) in [4.78, 5) is -0.403. The van der Waals surface area contributed by atoms with Gasteiger partial charge in [0, 0.05) is 21.1 Å². The lowest BCUT2D eigenvalue weighted by molar-refractivity contribution is 0.569. The summed E-state index contributed by atoms with van der Waals surface area (Å²) in [6, 6.07) is 7.67. The number of alkyl halides is 1. The van der Waals surface area contributed by atoms with E-state index < -0.39 is 16.5 Å². The fourth-order valence-electron chi connectivity index (χ4n) is 1.75. The molecule has 2 rings (SSSR count). The summed E-state index contributed by atoms with van der Waals surface area (Å²) in [6.45, 7) is 1.60. The fourth-order valence-corrected chi connectivity index (χ4v) is 3.44. The summed E-state index contributed by atoms with van der Waals surface area (Å²) in [5.74, 6) is -1.14. The van der Waals surface area contributed by atoms with Gasteiger partial charge in [-0.3, -0.25) is 0 Å². The molecule has 0 fully saturated rings. The predicted molar refractivity (Wildman–Crippen MR) is 81.0 cm³/mol. The highest BCUT2D eigenvalue weighted by molar-refractivity contribution is 9.11. The standard InChI is InChI=1S/C14H9Br2ClF2/c1-7-4-10(13(19)6-12(7)18)14(16)9-5-8(17)2-3-11(9)15/h2-6,14H,1H3. The Labute approximate surface area is 132 Å². The zero-order valence-corrected chi connectivity index (χ0v) is 13.8. The smallest absolute Gasteiger partial charge is 0.130 e. The van der Waals surface area contributed by atoms with Crippen LogP contribution < -0.4 is 0 Å². The van der Waals surface area contributed by atoms with Crippen molar-refractivity contribution in [3.8, 4) is 0 Å². The third-order valence-corrected chi connectivity index (χ3v) is 4.73. The minimum Gasteiger partial charge on any atom is -0.207 e. The molecule has 2 aromatic carbocycles. The summed E-state index contributed by atoms with van der Waals surface area (Å²) in [5, 5.41) is 0.557. The third kappa shape index (κ3) is 3.18. The molecule has 1 atom stereocenters. The first-order valence-electron chi connectivity index (χ1n) is 5.44. The Hall–Kier alpha value is -0.450. The van der Waals surface area contributed by atoms with Gasteiger partial charge in [0.25, 0.3) is 0 Å². The average Bonchev–Trinajstić information content (AvgIpc) is 2.36. The molecule has 0 N–H and O–H groups in total. The first-order valence-corrected chi connectivity index (χ1v) is 7.53. The van der Waals surface area contributed by atoms with Gasteiger partial charge in [-0.2, -0.15) is 0 Å². The Morgan fingerprint density at radius 1 is 1.05 bits per heavy atom. The molecule has 0 spiro atoms. The molecule has 0 radical (unpaired) electrons. The molecule has 5 heteroatoms. The third-order valence-electron chi connectivity index (χ3n) is 2.78. The van der Waals surface area contributed by atoms with E-state index in [9.17, 15) is 8.78 Å². The Bertz CT molecular complexity index is 629. The highest BCUT2D eigenvalue weighted by Gasteiger charge is 2.19. The van der Waals surface area contributed by atoms with Gasteiger partial charge in [0.1, 0.15) is 11.6 Å². The second kappa shape index (κ2) is 5.90. The second-order valence-corrected chi connectivity index (χ2v) is 6.36. The van der Waals surface area contributed by atoms with Crippen molar-refractivity contribution < 1.29 is 8.78 Å². The number of hydrogen-bond acceptors (Lipinski definition) is 0. The van der Waals surface area contributed by atoms with E-state index in [4.69, 9.17) is 11.6 Å². The van der Waals surface area contributed by atoms with Crippen LogP contribution in [0.4, 0.5) is 8.78 Å². The van der Waals surface area contributed by atoms with Crippen molar-refractivity contribution >= 4 is 43.5 Å². The number of benzene rings is 2. The molecule has 0 aliphatic rings.